The van der Waals surface area contributed by atoms with Crippen molar-refractivity contribution in [3.8, 4) is 27.6 Å². The number of azo groups is 1. The van der Waals surface area contributed by atoms with Crippen molar-refractivity contribution in [3.05, 3.63) is 87.0 Å². The van der Waals surface area contributed by atoms with Crippen LogP contribution in [-0.2, 0) is 11.2 Å². The van der Waals surface area contributed by atoms with Crippen LogP contribution < -0.4 is 5.56 Å². The third-order valence-electron chi connectivity index (χ3n) is 5.37. The van der Waals surface area contributed by atoms with Gasteiger partial charge in [-0.1, -0.05) is 72.0 Å². The number of aromatic amines is 1. The Balaban J connectivity index is 1.53. The minimum atomic E-state index is -0.886. The first-order valence-electron chi connectivity index (χ1n) is 11.0. The van der Waals surface area contributed by atoms with Gasteiger partial charge in [0.2, 0.25) is 10.3 Å². The Morgan fingerprint density at radius 2 is 1.72 bits per heavy atom. The van der Waals surface area contributed by atoms with E-state index < -0.39 is 5.97 Å². The number of benzene rings is 2. The monoisotopic (exact) mass is 516 g/mol. The lowest BCUT2D eigenvalue weighted by Crippen LogP contribution is -2.13. The number of aryl methyl sites for hydroxylation is 2. The fourth-order valence-electron chi connectivity index (χ4n) is 3.58. The Kier molecular flexibility index (Phi) is 6.65. The summed E-state index contributed by atoms with van der Waals surface area (Å²) in [5.74, 6) is -0.886. The molecule has 2 aromatic carbocycles. The molecular weight excluding hydrogens is 496 g/mol. The molecule has 0 aliphatic rings. The third kappa shape index (κ3) is 4.92. The number of hydrogen-bond donors (Lipinski definition) is 2. The number of nitrogens with one attached hydrogen (secondary N) is 1. The molecule has 3 heterocycles. The number of carbonyl (C=O) groups is 1. The highest BCUT2D eigenvalue weighted by atomic mass is 32.1. The van der Waals surface area contributed by atoms with Gasteiger partial charge in [0.25, 0.3) is 0 Å². The van der Waals surface area contributed by atoms with Crippen LogP contribution in [0, 0.1) is 6.92 Å². The fraction of sp³-hybridized carbons (Fsp3) is 0.120. The van der Waals surface area contributed by atoms with E-state index >= 15 is 0 Å². The van der Waals surface area contributed by atoms with Gasteiger partial charge in [0.15, 0.2) is 5.69 Å². The maximum Gasteiger partial charge on any atom is 0.303 e. The molecule has 3 aromatic heterocycles. The van der Waals surface area contributed by atoms with E-state index in [0.717, 1.165) is 21.7 Å². The predicted octanol–water partition coefficient (Wildman–Crippen LogP) is 6.15. The van der Waals surface area contributed by atoms with Gasteiger partial charge in [0, 0.05) is 27.8 Å². The van der Waals surface area contributed by atoms with Gasteiger partial charge in [-0.2, -0.15) is 4.68 Å². The Hall–Kier alpha value is -4.22. The predicted molar refractivity (Wildman–Crippen MR) is 140 cm³/mol. The van der Waals surface area contributed by atoms with Gasteiger partial charge in [0.05, 0.1) is 23.5 Å². The summed E-state index contributed by atoms with van der Waals surface area (Å²) in [7, 11) is 0. The summed E-state index contributed by atoms with van der Waals surface area (Å²) in [6.07, 6.45) is 0.299. The minimum Gasteiger partial charge on any atom is -0.481 e. The fourth-order valence-corrected chi connectivity index (χ4v) is 5.14. The molecular formula is C25H20N6O3S2. The summed E-state index contributed by atoms with van der Waals surface area (Å²) in [6, 6.07) is 19.1. The summed E-state index contributed by atoms with van der Waals surface area (Å²) in [5, 5.41) is 23.3. The van der Waals surface area contributed by atoms with Gasteiger partial charge in [-0.3, -0.25) is 14.7 Å². The van der Waals surface area contributed by atoms with Gasteiger partial charge in [-0.25, -0.2) is 9.97 Å². The van der Waals surface area contributed by atoms with Gasteiger partial charge < -0.3 is 5.11 Å². The van der Waals surface area contributed by atoms with Crippen LogP contribution in [-0.4, -0.2) is 30.8 Å². The third-order valence-corrected chi connectivity index (χ3v) is 7.10. The van der Waals surface area contributed by atoms with Crippen LogP contribution in [0.15, 0.2) is 81.1 Å². The molecule has 0 saturated carbocycles. The van der Waals surface area contributed by atoms with Gasteiger partial charge >= 0.3 is 11.5 Å². The number of hydrogen-bond acceptors (Lipinski definition) is 8. The van der Waals surface area contributed by atoms with Gasteiger partial charge in [0.1, 0.15) is 0 Å². The molecule has 0 spiro atoms. The maximum atomic E-state index is 13.4. The quantitative estimate of drug-likeness (QED) is 0.239. The van der Waals surface area contributed by atoms with Gasteiger partial charge in [-0.05, 0) is 6.92 Å². The van der Waals surface area contributed by atoms with E-state index in [1.165, 1.54) is 27.4 Å². The number of carboxylic acids is 1. The number of H-pyrrole nitrogens is 1. The summed E-state index contributed by atoms with van der Waals surface area (Å²) in [6.45, 7) is 1.86. The van der Waals surface area contributed by atoms with Crippen LogP contribution >= 0.6 is 22.7 Å². The van der Waals surface area contributed by atoms with Crippen molar-refractivity contribution in [1.29, 1.82) is 0 Å². The number of thiazole rings is 2. The average Bonchev–Trinajstić information content (AvgIpc) is 3.60. The second-order valence-corrected chi connectivity index (χ2v) is 9.83. The van der Waals surface area contributed by atoms with Crippen LogP contribution in [0.3, 0.4) is 0 Å². The van der Waals surface area contributed by atoms with E-state index in [-0.39, 0.29) is 17.7 Å². The molecule has 0 unspecified atom stereocenters. The van der Waals surface area contributed by atoms with E-state index in [9.17, 15) is 9.59 Å². The van der Waals surface area contributed by atoms with E-state index in [2.05, 4.69) is 25.3 Å². The van der Waals surface area contributed by atoms with Crippen LogP contribution in [0.25, 0.3) is 27.6 Å². The molecule has 0 bridgehead atoms. The summed E-state index contributed by atoms with van der Waals surface area (Å²) in [5.41, 5.74) is 3.44. The first kappa shape index (κ1) is 23.5. The molecule has 9 nitrogen and oxygen atoms in total. The van der Waals surface area contributed by atoms with E-state index in [0.29, 0.717) is 28.1 Å². The zero-order valence-corrected chi connectivity index (χ0v) is 20.7. The van der Waals surface area contributed by atoms with Crippen molar-refractivity contribution in [2.24, 2.45) is 10.2 Å². The number of aliphatic carboxylic acids is 1. The number of nitrogens with zero attached hydrogens (tertiary/aromatic N) is 5. The van der Waals surface area contributed by atoms with Crippen molar-refractivity contribution in [1.82, 2.24) is 19.7 Å². The number of carboxylic acid groups (broad SMARTS) is 1. The highest BCUT2D eigenvalue weighted by molar-refractivity contribution is 7.15. The normalized spacial score (nSPS) is 11.4. The molecule has 0 radical (unpaired) electrons. The van der Waals surface area contributed by atoms with Crippen LogP contribution in [0.1, 0.15) is 17.0 Å². The van der Waals surface area contributed by atoms with E-state index in [4.69, 9.17) is 5.11 Å². The molecule has 0 atom stereocenters. The Bertz CT molecular complexity index is 1600. The van der Waals surface area contributed by atoms with Crippen molar-refractivity contribution < 1.29 is 9.90 Å². The van der Waals surface area contributed by atoms with Crippen molar-refractivity contribution >= 4 is 39.5 Å². The lowest BCUT2D eigenvalue weighted by molar-refractivity contribution is -0.136. The summed E-state index contributed by atoms with van der Waals surface area (Å²) < 4.78 is 1.37. The smallest absolute Gasteiger partial charge is 0.303 e. The summed E-state index contributed by atoms with van der Waals surface area (Å²) >= 11 is 2.65. The number of aromatic nitrogens is 4. The molecule has 0 amide bonds. The Morgan fingerprint density at radius 3 is 2.42 bits per heavy atom. The van der Waals surface area contributed by atoms with Crippen molar-refractivity contribution in [3.63, 3.8) is 0 Å². The lowest BCUT2D eigenvalue weighted by Gasteiger charge is -1.99. The summed E-state index contributed by atoms with van der Waals surface area (Å²) in [4.78, 5) is 34.3. The molecule has 0 saturated heterocycles. The molecule has 5 rings (SSSR count). The Labute approximate surface area is 213 Å². The lowest BCUT2D eigenvalue weighted by atomic mass is 10.1. The Morgan fingerprint density at radius 1 is 1.03 bits per heavy atom. The zero-order valence-electron chi connectivity index (χ0n) is 19.1. The largest absolute Gasteiger partial charge is 0.481 e. The molecule has 11 heteroatoms. The van der Waals surface area contributed by atoms with Crippen molar-refractivity contribution in [2.75, 3.05) is 0 Å². The first-order chi connectivity index (χ1) is 17.5. The van der Waals surface area contributed by atoms with Gasteiger partial charge in [-0.15, -0.1) is 21.6 Å². The number of rotatable bonds is 8. The minimum absolute atomic E-state index is 0.0133. The second-order valence-electron chi connectivity index (χ2n) is 7.82. The van der Waals surface area contributed by atoms with E-state index in [1.54, 1.807) is 0 Å². The van der Waals surface area contributed by atoms with E-state index in [1.807, 2.05) is 73.0 Å². The molecule has 0 aliphatic heterocycles. The molecule has 36 heavy (non-hydrogen) atoms. The second kappa shape index (κ2) is 10.2. The molecule has 5 aromatic rings. The van der Waals surface area contributed by atoms with Crippen LogP contribution in [0.5, 0.6) is 0 Å². The highest BCUT2D eigenvalue weighted by Crippen LogP contribution is 2.31. The molecule has 0 aliphatic carbocycles. The standard InChI is InChI=1S/C25H20N6O3S2/c1-15-18(12-13-20(32)33)26-24(36-15)29-28-22-21(17-10-6-3-7-11-17)30-31(23(22)34)25-27-19(14-35-25)16-8-4-2-5-9-16/h2-11,14,30H,12-13H2,1H3,(H,32,33). The van der Waals surface area contributed by atoms with Crippen molar-refractivity contribution in [2.45, 2.75) is 19.8 Å². The van der Waals surface area contributed by atoms with Crippen LogP contribution in [0.4, 0.5) is 10.8 Å². The maximum absolute atomic E-state index is 13.4. The highest BCUT2D eigenvalue weighted by Gasteiger charge is 2.19. The zero-order chi connectivity index (χ0) is 25.1. The molecule has 180 valence electrons. The first-order valence-corrected chi connectivity index (χ1v) is 12.7. The SMILES string of the molecule is Cc1sc(N=Nc2c(-c3ccccc3)[nH]n(-c3nc(-c4ccccc4)cs3)c2=O)nc1CCC(=O)O. The average molecular weight is 517 g/mol. The van der Waals surface area contributed by atoms with Crippen LogP contribution in [0.2, 0.25) is 0 Å². The molecule has 0 fully saturated rings. The molecule has 2 N–H and O–H groups in total. The topological polar surface area (TPSA) is 126 Å².